The third kappa shape index (κ3) is 3.88. The van der Waals surface area contributed by atoms with E-state index in [9.17, 15) is 13.2 Å². The molecule has 148 valence electrons. The molecular formula is C19H19ClN2O5S. The zero-order valence-electron chi connectivity index (χ0n) is 15.0. The van der Waals surface area contributed by atoms with Gasteiger partial charge >= 0.3 is 5.69 Å². The Balaban J connectivity index is 1.44. The first-order valence-corrected chi connectivity index (χ1v) is 11.1. The number of fused-ring (bicyclic) bond motifs is 2. The van der Waals surface area contributed by atoms with Crippen LogP contribution < -0.4 is 15.2 Å². The molecule has 1 aliphatic heterocycles. The zero-order chi connectivity index (χ0) is 19.7. The average molecular weight is 423 g/mol. The molecule has 0 fully saturated rings. The van der Waals surface area contributed by atoms with Gasteiger partial charge in [0.15, 0.2) is 21.3 Å². The second kappa shape index (κ2) is 7.52. The summed E-state index contributed by atoms with van der Waals surface area (Å²) < 4.78 is 37.6. The van der Waals surface area contributed by atoms with Crippen LogP contribution in [0.3, 0.4) is 0 Å². The number of para-hydroxylation sites is 2. The molecule has 3 aromatic rings. The molecule has 28 heavy (non-hydrogen) atoms. The summed E-state index contributed by atoms with van der Waals surface area (Å²) in [6, 6.07) is 10.6. The van der Waals surface area contributed by atoms with Crippen LogP contribution in [0.15, 0.2) is 41.2 Å². The number of nitrogens with zero attached hydrogens (tertiary/aromatic N) is 1. The van der Waals surface area contributed by atoms with Crippen molar-refractivity contribution in [1.82, 2.24) is 9.55 Å². The number of aryl methyl sites for hydroxylation is 1. The Labute approximate surface area is 166 Å². The number of H-pyrrole nitrogens is 1. The number of aromatic amines is 1. The molecule has 4 rings (SSSR count). The lowest BCUT2D eigenvalue weighted by molar-refractivity contribution is 0.171. The molecule has 2 aromatic carbocycles. The van der Waals surface area contributed by atoms with E-state index < -0.39 is 9.84 Å². The molecule has 0 saturated heterocycles. The standard InChI is InChI=1S/C19H19ClN2O5S/c20-14-10-13(11-17-18(14)27-8-7-26-17)12-28(24,25)9-3-6-22-16-5-2-1-4-15(16)21-19(22)23/h1-2,4-5,10-11H,3,6-9,12H2,(H,21,23). The summed E-state index contributed by atoms with van der Waals surface area (Å²) >= 11 is 6.18. The molecule has 2 heterocycles. The number of ether oxygens (including phenoxy) is 2. The molecule has 0 unspecified atom stereocenters. The van der Waals surface area contributed by atoms with Crippen molar-refractivity contribution in [3.63, 3.8) is 0 Å². The summed E-state index contributed by atoms with van der Waals surface area (Å²) in [7, 11) is -3.38. The first-order valence-electron chi connectivity index (χ1n) is 8.89. The van der Waals surface area contributed by atoms with Gasteiger partial charge in [-0.05, 0) is 36.2 Å². The number of aromatic nitrogens is 2. The largest absolute Gasteiger partial charge is 0.486 e. The van der Waals surface area contributed by atoms with E-state index in [0.717, 1.165) is 11.0 Å². The molecular weight excluding hydrogens is 404 g/mol. The highest BCUT2D eigenvalue weighted by molar-refractivity contribution is 7.90. The lowest BCUT2D eigenvalue weighted by Crippen LogP contribution is -2.19. The Bertz CT molecular complexity index is 1180. The molecule has 1 N–H and O–H groups in total. The Kier molecular flexibility index (Phi) is 5.07. The summed E-state index contributed by atoms with van der Waals surface area (Å²) in [5.74, 6) is 0.735. The monoisotopic (exact) mass is 422 g/mol. The lowest BCUT2D eigenvalue weighted by Gasteiger charge is -2.20. The van der Waals surface area contributed by atoms with Crippen molar-refractivity contribution >= 4 is 32.5 Å². The fourth-order valence-corrected chi connectivity index (χ4v) is 5.02. The molecule has 0 amide bonds. The van der Waals surface area contributed by atoms with Crippen LogP contribution in [0.4, 0.5) is 0 Å². The van der Waals surface area contributed by atoms with Crippen molar-refractivity contribution < 1.29 is 17.9 Å². The minimum absolute atomic E-state index is 0.0367. The van der Waals surface area contributed by atoms with E-state index in [1.807, 2.05) is 24.3 Å². The van der Waals surface area contributed by atoms with Gasteiger partial charge in [-0.1, -0.05) is 23.7 Å². The quantitative estimate of drug-likeness (QED) is 0.659. The SMILES string of the molecule is O=c1[nH]c2ccccc2n1CCCS(=O)(=O)Cc1cc(Cl)c2c(c1)OCCO2. The Morgan fingerprint density at radius 2 is 1.93 bits per heavy atom. The van der Waals surface area contributed by atoms with Gasteiger partial charge in [0.05, 0.1) is 27.6 Å². The average Bonchev–Trinajstić information content (AvgIpc) is 2.97. The number of nitrogens with one attached hydrogen (secondary N) is 1. The Hall–Kier alpha value is -2.45. The molecule has 0 aliphatic carbocycles. The Morgan fingerprint density at radius 3 is 2.79 bits per heavy atom. The topological polar surface area (TPSA) is 90.4 Å². The van der Waals surface area contributed by atoms with Crippen LogP contribution in [-0.4, -0.2) is 36.9 Å². The minimum atomic E-state index is -3.38. The van der Waals surface area contributed by atoms with E-state index in [0.29, 0.717) is 48.3 Å². The first-order chi connectivity index (χ1) is 13.4. The highest BCUT2D eigenvalue weighted by Crippen LogP contribution is 2.38. The van der Waals surface area contributed by atoms with Gasteiger partial charge in [0.2, 0.25) is 0 Å². The van der Waals surface area contributed by atoms with Gasteiger partial charge < -0.3 is 14.5 Å². The summed E-state index contributed by atoms with van der Waals surface area (Å²) in [5, 5.41) is 0.341. The molecule has 1 aliphatic rings. The number of hydrogen-bond donors (Lipinski definition) is 1. The van der Waals surface area contributed by atoms with Gasteiger partial charge in [0, 0.05) is 6.54 Å². The molecule has 1 aromatic heterocycles. The molecule has 7 nitrogen and oxygen atoms in total. The van der Waals surface area contributed by atoms with Crippen LogP contribution in [0.1, 0.15) is 12.0 Å². The van der Waals surface area contributed by atoms with Crippen molar-refractivity contribution in [2.24, 2.45) is 0 Å². The number of hydrogen-bond acceptors (Lipinski definition) is 5. The van der Waals surface area contributed by atoms with Crippen molar-refractivity contribution in [2.75, 3.05) is 19.0 Å². The summed E-state index contributed by atoms with van der Waals surface area (Å²) in [5.41, 5.74) is 1.82. The van der Waals surface area contributed by atoms with Crippen LogP contribution in [0.25, 0.3) is 11.0 Å². The van der Waals surface area contributed by atoms with Crippen molar-refractivity contribution in [3.05, 3.63) is 57.5 Å². The van der Waals surface area contributed by atoms with Crippen LogP contribution in [0.5, 0.6) is 11.5 Å². The van der Waals surface area contributed by atoms with Crippen molar-refractivity contribution in [2.45, 2.75) is 18.7 Å². The maximum Gasteiger partial charge on any atom is 0.326 e. The fraction of sp³-hybridized carbons (Fsp3) is 0.316. The van der Waals surface area contributed by atoms with Gasteiger partial charge in [-0.15, -0.1) is 0 Å². The van der Waals surface area contributed by atoms with Gasteiger partial charge in [0.1, 0.15) is 13.2 Å². The number of rotatable bonds is 6. The maximum absolute atomic E-state index is 12.5. The van der Waals surface area contributed by atoms with E-state index in [1.54, 1.807) is 16.7 Å². The van der Waals surface area contributed by atoms with Gasteiger partial charge in [-0.25, -0.2) is 13.2 Å². The van der Waals surface area contributed by atoms with Crippen molar-refractivity contribution in [3.8, 4) is 11.5 Å². The van der Waals surface area contributed by atoms with E-state index in [2.05, 4.69) is 4.98 Å². The van der Waals surface area contributed by atoms with Crippen molar-refractivity contribution in [1.29, 1.82) is 0 Å². The minimum Gasteiger partial charge on any atom is -0.486 e. The number of sulfone groups is 1. The first kappa shape index (κ1) is 18.9. The van der Waals surface area contributed by atoms with Crippen LogP contribution in [-0.2, 0) is 22.1 Å². The van der Waals surface area contributed by atoms with E-state index in [-0.39, 0.29) is 17.2 Å². The zero-order valence-corrected chi connectivity index (χ0v) is 16.6. The molecule has 9 heteroatoms. The number of halogens is 1. The Morgan fingerprint density at radius 1 is 1.14 bits per heavy atom. The predicted molar refractivity (Wildman–Crippen MR) is 107 cm³/mol. The molecule has 0 bridgehead atoms. The van der Waals surface area contributed by atoms with E-state index in [1.165, 1.54) is 0 Å². The molecule has 0 atom stereocenters. The highest BCUT2D eigenvalue weighted by atomic mass is 35.5. The fourth-order valence-electron chi connectivity index (χ4n) is 3.35. The van der Waals surface area contributed by atoms with E-state index in [4.69, 9.17) is 21.1 Å². The molecule has 0 spiro atoms. The van der Waals surface area contributed by atoms with Gasteiger partial charge in [0.25, 0.3) is 0 Å². The predicted octanol–water partition coefficient (Wildman–Crippen LogP) is 2.76. The summed E-state index contributed by atoms with van der Waals surface area (Å²) in [6.45, 7) is 1.14. The lowest BCUT2D eigenvalue weighted by atomic mass is 10.2. The summed E-state index contributed by atoms with van der Waals surface area (Å²) in [4.78, 5) is 14.8. The molecule has 0 radical (unpaired) electrons. The van der Waals surface area contributed by atoms with Crippen LogP contribution >= 0.6 is 11.6 Å². The normalized spacial score (nSPS) is 13.8. The number of imidazole rings is 1. The van der Waals surface area contributed by atoms with Gasteiger partial charge in [-0.2, -0.15) is 0 Å². The maximum atomic E-state index is 12.5. The summed E-state index contributed by atoms with van der Waals surface area (Å²) in [6.07, 6.45) is 0.336. The second-order valence-corrected chi connectivity index (χ2v) is 9.24. The third-order valence-electron chi connectivity index (χ3n) is 4.56. The van der Waals surface area contributed by atoms with Crippen LogP contribution in [0, 0.1) is 0 Å². The van der Waals surface area contributed by atoms with Crippen LogP contribution in [0.2, 0.25) is 5.02 Å². The van der Waals surface area contributed by atoms with Gasteiger partial charge in [-0.3, -0.25) is 4.57 Å². The second-order valence-electron chi connectivity index (χ2n) is 6.65. The highest BCUT2D eigenvalue weighted by Gasteiger charge is 2.20. The smallest absolute Gasteiger partial charge is 0.326 e. The third-order valence-corrected chi connectivity index (χ3v) is 6.53. The molecule has 0 saturated carbocycles. The van der Waals surface area contributed by atoms with E-state index >= 15 is 0 Å². The number of benzene rings is 2.